The number of anilines is 1. The highest BCUT2D eigenvalue weighted by atomic mass is 35.5. The molecule has 3 aromatic rings. The van der Waals surface area contributed by atoms with E-state index in [4.69, 9.17) is 16.6 Å². The van der Waals surface area contributed by atoms with E-state index < -0.39 is 0 Å². The zero-order valence-corrected chi connectivity index (χ0v) is 23.1. The van der Waals surface area contributed by atoms with E-state index in [1.54, 1.807) is 28.5 Å². The number of benzene rings is 1. The van der Waals surface area contributed by atoms with E-state index in [9.17, 15) is 4.79 Å². The molecule has 4 heterocycles. The van der Waals surface area contributed by atoms with Gasteiger partial charge in [0.05, 0.1) is 46.0 Å². The van der Waals surface area contributed by atoms with Crippen molar-refractivity contribution in [3.63, 3.8) is 0 Å². The number of halogens is 1. The zero-order valence-electron chi connectivity index (χ0n) is 20.7. The Morgan fingerprint density at radius 2 is 1.83 bits per heavy atom. The van der Waals surface area contributed by atoms with Crippen LogP contribution in [0.4, 0.5) is 5.82 Å². The Hall–Kier alpha value is -2.23. The summed E-state index contributed by atoms with van der Waals surface area (Å²) in [5, 5.41) is 1.63. The topological polar surface area (TPSA) is 66.9 Å². The maximum absolute atomic E-state index is 13.0. The van der Waals surface area contributed by atoms with E-state index in [1.165, 1.54) is 37.4 Å². The molecule has 2 aromatic heterocycles. The van der Waals surface area contributed by atoms with Crippen LogP contribution in [0.5, 0.6) is 0 Å². The molecule has 6 rings (SSSR count). The molecule has 0 bridgehead atoms. The first-order valence-corrected chi connectivity index (χ1v) is 14.7. The highest BCUT2D eigenvalue weighted by molar-refractivity contribution is 7.99. The van der Waals surface area contributed by atoms with Crippen LogP contribution in [0, 0.1) is 11.3 Å². The number of piperidine rings is 2. The van der Waals surface area contributed by atoms with Crippen LogP contribution in [-0.4, -0.2) is 43.2 Å². The number of fused-ring (bicyclic) bond motifs is 1. The van der Waals surface area contributed by atoms with Crippen molar-refractivity contribution in [1.29, 1.82) is 0 Å². The first-order chi connectivity index (χ1) is 17.4. The Bertz CT molecular complexity index is 1390. The number of allylic oxidation sites excluding steroid dienone is 2. The smallest absolute Gasteiger partial charge is 0.262 e. The van der Waals surface area contributed by atoms with Gasteiger partial charge in [0.2, 0.25) is 0 Å². The molecular formula is C26H29ClN6OS2. The summed E-state index contributed by atoms with van der Waals surface area (Å²) in [7, 11) is 0. The summed E-state index contributed by atoms with van der Waals surface area (Å²) in [5.41, 5.74) is 4.13. The summed E-state index contributed by atoms with van der Waals surface area (Å²) in [5.74, 6) is 1.26. The van der Waals surface area contributed by atoms with Crippen molar-refractivity contribution in [2.45, 2.75) is 56.0 Å². The van der Waals surface area contributed by atoms with Gasteiger partial charge in [0, 0.05) is 30.8 Å². The maximum Gasteiger partial charge on any atom is 0.262 e. The third kappa shape index (κ3) is 4.29. The minimum atomic E-state index is -0.108. The molecule has 2 aliphatic heterocycles. The predicted molar refractivity (Wildman–Crippen MR) is 147 cm³/mol. The summed E-state index contributed by atoms with van der Waals surface area (Å²) in [6.07, 6.45) is 12.3. The van der Waals surface area contributed by atoms with Gasteiger partial charge < -0.3 is 4.90 Å². The van der Waals surface area contributed by atoms with E-state index >= 15 is 0 Å². The van der Waals surface area contributed by atoms with Gasteiger partial charge in [-0.3, -0.25) is 13.7 Å². The fourth-order valence-electron chi connectivity index (χ4n) is 5.55. The van der Waals surface area contributed by atoms with Crippen molar-refractivity contribution >= 4 is 52.0 Å². The second-order valence-corrected chi connectivity index (χ2v) is 12.6. The van der Waals surface area contributed by atoms with Gasteiger partial charge in [-0.1, -0.05) is 37.2 Å². The van der Waals surface area contributed by atoms with Gasteiger partial charge in [-0.25, -0.2) is 15.0 Å². The Kier molecular flexibility index (Phi) is 6.20. The molecule has 188 valence electrons. The fraction of sp³-hybridized carbons (Fsp3) is 0.462. The number of rotatable bonds is 6. The minimum Gasteiger partial charge on any atom is -0.355 e. The van der Waals surface area contributed by atoms with Gasteiger partial charge in [0.1, 0.15) is 10.8 Å². The SMILES string of the molecule is CSN1C2=C1CC1(CCN(c3cnc(Sc4ccc5ncn(CC(C)C)c(=O)c5c4Cl)cn3)CC1)C2. The van der Waals surface area contributed by atoms with Crippen LogP contribution in [0.15, 0.2) is 57.0 Å². The molecule has 10 heteroatoms. The fourth-order valence-corrected chi connectivity index (χ4v) is 7.41. The van der Waals surface area contributed by atoms with Crippen LogP contribution in [0.25, 0.3) is 10.9 Å². The third-order valence-electron chi connectivity index (χ3n) is 7.48. The molecule has 1 aliphatic carbocycles. The van der Waals surface area contributed by atoms with Crippen molar-refractivity contribution in [3.8, 4) is 0 Å². The Balaban J connectivity index is 1.14. The van der Waals surface area contributed by atoms with Crippen LogP contribution in [-0.2, 0) is 6.54 Å². The molecule has 1 fully saturated rings. The van der Waals surface area contributed by atoms with E-state index in [-0.39, 0.29) is 5.56 Å². The van der Waals surface area contributed by atoms with Crippen molar-refractivity contribution in [2.75, 3.05) is 24.2 Å². The number of nitrogens with zero attached hydrogens (tertiary/aromatic N) is 6. The summed E-state index contributed by atoms with van der Waals surface area (Å²) in [6, 6.07) is 3.74. The average molecular weight is 541 g/mol. The molecule has 3 aliphatic rings. The lowest BCUT2D eigenvalue weighted by molar-refractivity contribution is 0.212. The van der Waals surface area contributed by atoms with Crippen molar-refractivity contribution in [3.05, 3.63) is 57.6 Å². The summed E-state index contributed by atoms with van der Waals surface area (Å²) >= 11 is 9.97. The molecule has 36 heavy (non-hydrogen) atoms. The third-order valence-corrected chi connectivity index (χ3v) is 9.77. The molecule has 7 nitrogen and oxygen atoms in total. The Morgan fingerprint density at radius 3 is 2.47 bits per heavy atom. The largest absolute Gasteiger partial charge is 0.355 e. The summed E-state index contributed by atoms with van der Waals surface area (Å²) < 4.78 is 4.04. The zero-order chi connectivity index (χ0) is 25.0. The summed E-state index contributed by atoms with van der Waals surface area (Å²) in [4.78, 5) is 30.0. The van der Waals surface area contributed by atoms with Crippen LogP contribution < -0.4 is 10.5 Å². The second kappa shape index (κ2) is 9.26. The molecule has 1 spiro atoms. The molecule has 1 saturated heterocycles. The first kappa shape index (κ1) is 24.1. The molecule has 0 atom stereocenters. The van der Waals surface area contributed by atoms with Gasteiger partial charge in [0.25, 0.3) is 5.56 Å². The van der Waals surface area contributed by atoms with Gasteiger partial charge in [-0.05, 0) is 61.1 Å². The van der Waals surface area contributed by atoms with Gasteiger partial charge in [-0.15, -0.1) is 0 Å². The normalized spacial score (nSPS) is 18.6. The maximum atomic E-state index is 13.0. The Labute approximate surface area is 224 Å². The molecule has 1 aromatic carbocycles. The molecular weight excluding hydrogens is 512 g/mol. The van der Waals surface area contributed by atoms with E-state index in [0.717, 1.165) is 28.8 Å². The highest BCUT2D eigenvalue weighted by Crippen LogP contribution is 2.60. The number of hydrogen-bond acceptors (Lipinski definition) is 8. The Morgan fingerprint density at radius 1 is 1.08 bits per heavy atom. The molecule has 0 radical (unpaired) electrons. The average Bonchev–Trinajstić information content (AvgIpc) is 3.37. The van der Waals surface area contributed by atoms with Crippen LogP contribution in [0.2, 0.25) is 5.02 Å². The highest BCUT2D eigenvalue weighted by Gasteiger charge is 2.51. The van der Waals surface area contributed by atoms with E-state index in [2.05, 4.69) is 39.3 Å². The lowest BCUT2D eigenvalue weighted by atomic mass is 9.75. The standard InChI is InChI=1S/C26H29ClN6OS2/c1-16(2)14-32-15-30-17-4-5-20(24(27)23(17)25(32)34)36-22-13-28-21(12-29-22)31-8-6-26(7-9-31)10-18-19(11-26)33(18)35-3/h4-5,12-13,15-16H,6-11,14H2,1-3H3. The predicted octanol–water partition coefficient (Wildman–Crippen LogP) is 5.83. The number of aromatic nitrogens is 4. The molecule has 0 amide bonds. The molecule has 0 N–H and O–H groups in total. The number of hydrogen-bond donors (Lipinski definition) is 0. The second-order valence-electron chi connectivity index (χ2n) is 10.4. The van der Waals surface area contributed by atoms with Gasteiger partial charge in [-0.2, -0.15) is 0 Å². The minimum absolute atomic E-state index is 0.108. The lowest BCUT2D eigenvalue weighted by Crippen LogP contribution is -2.40. The first-order valence-electron chi connectivity index (χ1n) is 12.4. The van der Waals surface area contributed by atoms with E-state index in [0.29, 0.717) is 33.8 Å². The van der Waals surface area contributed by atoms with E-state index in [1.807, 2.05) is 30.3 Å². The van der Waals surface area contributed by atoms with Crippen molar-refractivity contribution < 1.29 is 0 Å². The monoisotopic (exact) mass is 540 g/mol. The van der Waals surface area contributed by atoms with Gasteiger partial charge >= 0.3 is 0 Å². The van der Waals surface area contributed by atoms with Gasteiger partial charge in [0.15, 0.2) is 0 Å². The lowest BCUT2D eigenvalue weighted by Gasteiger charge is -2.41. The van der Waals surface area contributed by atoms with Crippen LogP contribution >= 0.6 is 35.3 Å². The van der Waals surface area contributed by atoms with Crippen molar-refractivity contribution in [2.24, 2.45) is 11.3 Å². The van der Waals surface area contributed by atoms with Crippen molar-refractivity contribution in [1.82, 2.24) is 23.8 Å². The quantitative estimate of drug-likeness (QED) is 0.362. The molecule has 0 unspecified atom stereocenters. The molecule has 0 saturated carbocycles. The van der Waals surface area contributed by atoms with Crippen LogP contribution in [0.1, 0.15) is 39.5 Å². The summed E-state index contributed by atoms with van der Waals surface area (Å²) in [6.45, 7) is 6.79. The van der Waals surface area contributed by atoms with Crippen LogP contribution in [0.3, 0.4) is 0 Å².